The van der Waals surface area contributed by atoms with Crippen LogP contribution in [0, 0.1) is 0 Å². The Hall–Kier alpha value is -1.49. The molecule has 15 heavy (non-hydrogen) atoms. The average molecular weight is 213 g/mol. The van der Waals surface area contributed by atoms with Crippen molar-refractivity contribution >= 4 is 11.9 Å². The zero-order chi connectivity index (χ0) is 11.3. The van der Waals surface area contributed by atoms with Crippen molar-refractivity contribution in [3.8, 4) is 0 Å². The molecule has 1 aromatic heterocycles. The van der Waals surface area contributed by atoms with Gasteiger partial charge >= 0.3 is 5.97 Å². The zero-order valence-electron chi connectivity index (χ0n) is 8.82. The quantitative estimate of drug-likeness (QED) is 0.754. The highest BCUT2D eigenvalue weighted by Gasteiger charge is 2.10. The first-order valence-electron chi connectivity index (χ1n) is 4.81. The smallest absolute Gasteiger partial charge is 0.371 e. The van der Waals surface area contributed by atoms with Gasteiger partial charge in [0.2, 0.25) is 5.76 Å². The Balaban J connectivity index is 2.46. The molecule has 1 atom stereocenters. The summed E-state index contributed by atoms with van der Waals surface area (Å²) in [4.78, 5) is 10.5. The van der Waals surface area contributed by atoms with Crippen LogP contribution in [-0.4, -0.2) is 30.3 Å². The van der Waals surface area contributed by atoms with Crippen LogP contribution in [0.4, 0.5) is 5.88 Å². The first-order chi connectivity index (χ1) is 7.13. The molecule has 0 spiro atoms. The highest BCUT2D eigenvalue weighted by atomic mass is 16.5. The van der Waals surface area contributed by atoms with Gasteiger partial charge in [0.05, 0.1) is 6.61 Å². The average Bonchev–Trinajstić information content (AvgIpc) is 2.63. The maximum atomic E-state index is 10.5. The van der Waals surface area contributed by atoms with Gasteiger partial charge in [0.25, 0.3) is 0 Å². The Morgan fingerprint density at radius 2 is 2.40 bits per heavy atom. The van der Waals surface area contributed by atoms with Crippen LogP contribution < -0.4 is 5.32 Å². The second-order valence-corrected chi connectivity index (χ2v) is 3.17. The topological polar surface area (TPSA) is 71.7 Å². The van der Waals surface area contributed by atoms with Crippen molar-refractivity contribution in [3.05, 3.63) is 17.9 Å². The van der Waals surface area contributed by atoms with Crippen LogP contribution in [0.2, 0.25) is 0 Å². The van der Waals surface area contributed by atoms with Gasteiger partial charge in [-0.05, 0) is 19.9 Å². The number of carboxylic acid groups (broad SMARTS) is 1. The minimum Gasteiger partial charge on any atom is -0.475 e. The van der Waals surface area contributed by atoms with E-state index in [2.05, 4.69) is 5.32 Å². The van der Waals surface area contributed by atoms with Gasteiger partial charge in [0.1, 0.15) is 0 Å². The second-order valence-electron chi connectivity index (χ2n) is 3.17. The third-order valence-electron chi connectivity index (χ3n) is 1.78. The maximum absolute atomic E-state index is 10.5. The highest BCUT2D eigenvalue weighted by Crippen LogP contribution is 2.14. The number of hydrogen-bond acceptors (Lipinski definition) is 4. The number of anilines is 1. The molecule has 0 saturated carbocycles. The Morgan fingerprint density at radius 3 is 2.93 bits per heavy atom. The normalized spacial score (nSPS) is 12.4. The summed E-state index contributed by atoms with van der Waals surface area (Å²) in [6, 6.07) is 3.09. The van der Waals surface area contributed by atoms with Crippen molar-refractivity contribution in [1.29, 1.82) is 0 Å². The molecule has 0 aliphatic rings. The summed E-state index contributed by atoms with van der Waals surface area (Å²) in [6.07, 6.45) is 0. The molecule has 1 rings (SSSR count). The van der Waals surface area contributed by atoms with Crippen LogP contribution in [0.5, 0.6) is 0 Å². The number of carboxylic acids is 1. The molecule has 2 N–H and O–H groups in total. The summed E-state index contributed by atoms with van der Waals surface area (Å²) in [5.74, 6) is -0.693. The van der Waals surface area contributed by atoms with E-state index in [1.54, 1.807) is 6.07 Å². The van der Waals surface area contributed by atoms with Gasteiger partial charge in [0, 0.05) is 18.7 Å². The van der Waals surface area contributed by atoms with Gasteiger partial charge in [-0.3, -0.25) is 0 Å². The van der Waals surface area contributed by atoms with E-state index in [4.69, 9.17) is 14.3 Å². The van der Waals surface area contributed by atoms with Crippen molar-refractivity contribution in [2.24, 2.45) is 0 Å². The van der Waals surface area contributed by atoms with Gasteiger partial charge < -0.3 is 19.6 Å². The van der Waals surface area contributed by atoms with Gasteiger partial charge in [-0.2, -0.15) is 0 Å². The number of carbonyl (C=O) groups is 1. The molecule has 0 aromatic carbocycles. The third-order valence-corrected chi connectivity index (χ3v) is 1.78. The SMILES string of the molecule is CCOCC(C)Nc1ccc(C(=O)O)o1. The van der Waals surface area contributed by atoms with Crippen LogP contribution in [0.25, 0.3) is 0 Å². The molecule has 0 aliphatic heterocycles. The van der Waals surface area contributed by atoms with E-state index in [-0.39, 0.29) is 11.8 Å². The largest absolute Gasteiger partial charge is 0.475 e. The summed E-state index contributed by atoms with van der Waals surface area (Å²) in [7, 11) is 0. The minimum atomic E-state index is -1.07. The Kier molecular flexibility index (Phi) is 4.17. The molecule has 0 aliphatic carbocycles. The number of hydrogen-bond donors (Lipinski definition) is 2. The summed E-state index contributed by atoms with van der Waals surface area (Å²) in [6.45, 7) is 5.06. The summed E-state index contributed by atoms with van der Waals surface area (Å²) < 4.78 is 10.2. The molecule has 1 heterocycles. The fraction of sp³-hybridized carbons (Fsp3) is 0.500. The zero-order valence-corrected chi connectivity index (χ0v) is 8.82. The molecule has 5 nitrogen and oxygen atoms in total. The van der Waals surface area contributed by atoms with Gasteiger partial charge in [-0.1, -0.05) is 0 Å². The van der Waals surface area contributed by atoms with Crippen molar-refractivity contribution in [2.45, 2.75) is 19.9 Å². The van der Waals surface area contributed by atoms with E-state index in [9.17, 15) is 4.79 Å². The fourth-order valence-electron chi connectivity index (χ4n) is 1.11. The van der Waals surface area contributed by atoms with E-state index >= 15 is 0 Å². The van der Waals surface area contributed by atoms with Crippen molar-refractivity contribution < 1.29 is 19.1 Å². The maximum Gasteiger partial charge on any atom is 0.371 e. The van der Waals surface area contributed by atoms with Crippen LogP contribution in [0.3, 0.4) is 0 Å². The Morgan fingerprint density at radius 1 is 1.67 bits per heavy atom. The molecular weight excluding hydrogens is 198 g/mol. The summed E-state index contributed by atoms with van der Waals surface area (Å²) in [5.41, 5.74) is 0. The highest BCUT2D eigenvalue weighted by molar-refractivity contribution is 5.84. The Labute approximate surface area is 88.0 Å². The first-order valence-corrected chi connectivity index (χ1v) is 4.81. The summed E-state index contributed by atoms with van der Waals surface area (Å²) >= 11 is 0. The van der Waals surface area contributed by atoms with Crippen LogP contribution >= 0.6 is 0 Å². The van der Waals surface area contributed by atoms with Crippen molar-refractivity contribution in [3.63, 3.8) is 0 Å². The van der Waals surface area contributed by atoms with E-state index in [1.165, 1.54) is 6.07 Å². The number of ether oxygens (including phenoxy) is 1. The lowest BCUT2D eigenvalue weighted by molar-refractivity contribution is 0.0663. The van der Waals surface area contributed by atoms with E-state index in [0.717, 1.165) is 0 Å². The van der Waals surface area contributed by atoms with Crippen molar-refractivity contribution in [1.82, 2.24) is 0 Å². The lowest BCUT2D eigenvalue weighted by atomic mass is 10.3. The van der Waals surface area contributed by atoms with E-state index in [0.29, 0.717) is 19.1 Å². The van der Waals surface area contributed by atoms with E-state index < -0.39 is 5.97 Å². The van der Waals surface area contributed by atoms with Gasteiger partial charge in [-0.15, -0.1) is 0 Å². The predicted octanol–water partition coefficient (Wildman–Crippen LogP) is 1.81. The fourth-order valence-corrected chi connectivity index (χ4v) is 1.11. The number of rotatable bonds is 6. The van der Waals surface area contributed by atoms with Gasteiger partial charge in [0.15, 0.2) is 5.88 Å². The Bertz CT molecular complexity index is 321. The lowest BCUT2D eigenvalue weighted by Gasteiger charge is -2.12. The molecule has 0 fully saturated rings. The monoisotopic (exact) mass is 213 g/mol. The molecule has 1 unspecified atom stereocenters. The summed E-state index contributed by atoms with van der Waals surface area (Å²) in [5, 5.41) is 11.6. The molecular formula is C10H15NO4. The number of aromatic carboxylic acids is 1. The molecule has 0 amide bonds. The molecule has 1 aromatic rings. The molecule has 0 radical (unpaired) electrons. The third kappa shape index (κ3) is 3.63. The van der Waals surface area contributed by atoms with Crippen molar-refractivity contribution in [2.75, 3.05) is 18.5 Å². The standard InChI is InChI=1S/C10H15NO4/c1-3-14-6-7(2)11-9-5-4-8(15-9)10(12)13/h4-5,7,11H,3,6H2,1-2H3,(H,12,13). The van der Waals surface area contributed by atoms with Gasteiger partial charge in [-0.25, -0.2) is 4.79 Å². The predicted molar refractivity (Wildman–Crippen MR) is 55.2 cm³/mol. The minimum absolute atomic E-state index is 0.0684. The lowest BCUT2D eigenvalue weighted by Crippen LogP contribution is -2.21. The molecule has 5 heteroatoms. The molecule has 0 bridgehead atoms. The number of furan rings is 1. The second kappa shape index (κ2) is 5.41. The molecule has 84 valence electrons. The van der Waals surface area contributed by atoms with Crippen LogP contribution in [0.1, 0.15) is 24.4 Å². The molecule has 0 saturated heterocycles. The van der Waals surface area contributed by atoms with Crippen LogP contribution in [0.15, 0.2) is 16.5 Å². The first kappa shape index (κ1) is 11.6. The van der Waals surface area contributed by atoms with E-state index in [1.807, 2.05) is 13.8 Å². The number of nitrogens with one attached hydrogen (secondary N) is 1. The van der Waals surface area contributed by atoms with Crippen LogP contribution in [-0.2, 0) is 4.74 Å².